The molecule has 1 aliphatic heterocycles. The molecule has 45 heavy (non-hydrogen) atoms. The highest BCUT2D eigenvalue weighted by Gasteiger charge is 2.47. The molecule has 0 unspecified atom stereocenters. The Kier molecular flexibility index (Phi) is 9.54. The summed E-state index contributed by atoms with van der Waals surface area (Å²) in [7, 11) is 0. The number of hydrogen-bond acceptors (Lipinski definition) is 10. The maximum absolute atomic E-state index is 13.8. The summed E-state index contributed by atoms with van der Waals surface area (Å²) in [4.78, 5) is 52.7. The lowest BCUT2D eigenvalue weighted by Crippen LogP contribution is -2.32. The Hall–Kier alpha value is -5.48. The number of anilines is 3. The lowest BCUT2D eigenvalue weighted by molar-refractivity contribution is -0.153. The molecule has 1 N–H and O–H groups in total. The Morgan fingerprint density at radius 1 is 1.04 bits per heavy atom. The van der Waals surface area contributed by atoms with Crippen molar-refractivity contribution in [2.45, 2.75) is 52.0 Å². The number of amides is 2. The van der Waals surface area contributed by atoms with E-state index in [0.717, 1.165) is 0 Å². The third-order valence-electron chi connectivity index (χ3n) is 7.18. The number of terminal acetylenes is 1. The first kappa shape index (κ1) is 31.0. The molecule has 0 bridgehead atoms. The van der Waals surface area contributed by atoms with Crippen LogP contribution in [0.5, 0.6) is 5.88 Å². The van der Waals surface area contributed by atoms with Gasteiger partial charge < -0.3 is 18.9 Å². The van der Waals surface area contributed by atoms with E-state index in [2.05, 4.69) is 26.4 Å². The van der Waals surface area contributed by atoms with Crippen LogP contribution in [0.3, 0.4) is 0 Å². The second-order valence-corrected chi connectivity index (χ2v) is 10.2. The Labute approximate surface area is 259 Å². The fourth-order valence-electron chi connectivity index (χ4n) is 5.35. The summed E-state index contributed by atoms with van der Waals surface area (Å²) < 4.78 is 24.7. The average Bonchev–Trinajstić information content (AvgIpc) is 3.59. The van der Waals surface area contributed by atoms with Crippen LogP contribution in [0.4, 0.5) is 22.1 Å². The highest BCUT2D eigenvalue weighted by atomic mass is 16.6. The lowest BCUT2D eigenvalue weighted by atomic mass is 9.93. The van der Waals surface area contributed by atoms with E-state index in [0.29, 0.717) is 24.2 Å². The standard InChI is InChI=1S/C32H32N6O7/c1-5-25-24(17-18-42-6-2)27(43-21(4)40)30(44-25)37-19-33-26-28(37)35-31(34-20(3)39)36-29(26)45-32(41)38(22-13-9-7-10-14-22)23-15-11-8-12-16-23/h2,7-16,19,24-25,27,30H,5,17-18H2,1,3-4H3,(H,34,35,36,39)/t24-,25-,27-,30-/m1/s1. The quantitative estimate of drug-likeness (QED) is 0.148. The van der Waals surface area contributed by atoms with Gasteiger partial charge in [-0.2, -0.15) is 9.97 Å². The van der Waals surface area contributed by atoms with Gasteiger partial charge in [0.05, 0.1) is 23.8 Å². The second kappa shape index (κ2) is 13.9. The van der Waals surface area contributed by atoms with Crippen molar-refractivity contribution < 1.29 is 33.3 Å². The molecule has 2 aromatic carbocycles. The van der Waals surface area contributed by atoms with Crippen molar-refractivity contribution in [3.05, 3.63) is 67.0 Å². The summed E-state index contributed by atoms with van der Waals surface area (Å²) in [6, 6.07) is 17.9. The van der Waals surface area contributed by atoms with Crippen LogP contribution in [-0.4, -0.2) is 56.3 Å². The predicted molar refractivity (Wildman–Crippen MR) is 163 cm³/mol. The van der Waals surface area contributed by atoms with E-state index in [1.54, 1.807) is 53.1 Å². The molecule has 4 aromatic rings. The molecule has 0 radical (unpaired) electrons. The number of imidazole rings is 1. The van der Waals surface area contributed by atoms with Crippen molar-refractivity contribution in [3.8, 4) is 18.4 Å². The number of hydrogen-bond donors (Lipinski definition) is 1. The Morgan fingerprint density at radius 2 is 1.71 bits per heavy atom. The van der Waals surface area contributed by atoms with E-state index in [-0.39, 0.29) is 41.6 Å². The first-order valence-corrected chi connectivity index (χ1v) is 14.3. The minimum absolute atomic E-state index is 0.121. The minimum Gasteiger partial charge on any atom is -0.457 e. The maximum Gasteiger partial charge on any atom is 0.425 e. The third-order valence-corrected chi connectivity index (χ3v) is 7.18. The van der Waals surface area contributed by atoms with E-state index in [1.165, 1.54) is 25.1 Å². The molecule has 1 saturated heterocycles. The smallest absolute Gasteiger partial charge is 0.425 e. The number of rotatable bonds is 10. The third kappa shape index (κ3) is 6.86. The number of esters is 1. The first-order chi connectivity index (χ1) is 21.8. The van der Waals surface area contributed by atoms with Crippen LogP contribution in [0, 0.1) is 18.4 Å². The summed E-state index contributed by atoms with van der Waals surface area (Å²) in [5.74, 6) is -1.52. The zero-order chi connectivity index (χ0) is 31.9. The molecule has 0 saturated carbocycles. The molecular weight excluding hydrogens is 580 g/mol. The number of para-hydroxylation sites is 2. The number of fused-ring (bicyclic) bond motifs is 1. The zero-order valence-corrected chi connectivity index (χ0v) is 25.0. The van der Waals surface area contributed by atoms with Crippen LogP contribution in [0.2, 0.25) is 0 Å². The van der Waals surface area contributed by atoms with Gasteiger partial charge >= 0.3 is 12.1 Å². The highest BCUT2D eigenvalue weighted by molar-refractivity contribution is 5.98. The summed E-state index contributed by atoms with van der Waals surface area (Å²) in [5.41, 5.74) is 1.41. The van der Waals surface area contributed by atoms with Gasteiger partial charge in [0.2, 0.25) is 11.9 Å². The zero-order valence-electron chi connectivity index (χ0n) is 25.0. The Morgan fingerprint density at radius 3 is 2.29 bits per heavy atom. The fourth-order valence-corrected chi connectivity index (χ4v) is 5.35. The summed E-state index contributed by atoms with van der Waals surface area (Å²) in [6.45, 7) is 4.81. The molecular formula is C32H32N6O7. The van der Waals surface area contributed by atoms with Crippen molar-refractivity contribution in [2.75, 3.05) is 16.8 Å². The van der Waals surface area contributed by atoms with Crippen molar-refractivity contribution in [1.82, 2.24) is 19.5 Å². The SMILES string of the molecule is C#COCC[C@H]1[C@@H](OC(C)=O)[C@H](n2cnc3c(OC(=O)N(c4ccccc4)c4ccccc4)nc(NC(C)=O)nc32)O[C@@H]1CC. The normalized spacial score (nSPS) is 19.0. The molecule has 1 fully saturated rings. The Balaban J connectivity index is 1.56. The van der Waals surface area contributed by atoms with Gasteiger partial charge in [-0.25, -0.2) is 14.7 Å². The molecule has 13 heteroatoms. The lowest BCUT2D eigenvalue weighted by Gasteiger charge is -2.24. The molecule has 2 amide bonds. The first-order valence-electron chi connectivity index (χ1n) is 14.3. The number of ether oxygens (including phenoxy) is 4. The van der Waals surface area contributed by atoms with Crippen molar-refractivity contribution >= 4 is 46.5 Å². The summed E-state index contributed by atoms with van der Waals surface area (Å²) in [6.07, 6.45) is 7.26. The number of nitrogens with one attached hydrogen (secondary N) is 1. The molecule has 13 nitrogen and oxygen atoms in total. The monoisotopic (exact) mass is 612 g/mol. The molecule has 232 valence electrons. The highest BCUT2D eigenvalue weighted by Crippen LogP contribution is 2.41. The molecule has 0 aliphatic carbocycles. The van der Waals surface area contributed by atoms with Crippen LogP contribution in [0.1, 0.15) is 39.8 Å². The maximum atomic E-state index is 13.8. The van der Waals surface area contributed by atoms with E-state index in [1.807, 2.05) is 19.1 Å². The van der Waals surface area contributed by atoms with E-state index < -0.39 is 30.3 Å². The van der Waals surface area contributed by atoms with Crippen LogP contribution < -0.4 is 15.0 Å². The number of carbonyl (C=O) groups excluding carboxylic acids is 3. The average molecular weight is 613 g/mol. The summed E-state index contributed by atoms with van der Waals surface area (Å²) >= 11 is 0. The molecule has 3 heterocycles. The Bertz CT molecular complexity index is 1670. The van der Waals surface area contributed by atoms with Crippen LogP contribution in [-0.2, 0) is 23.8 Å². The van der Waals surface area contributed by atoms with Gasteiger partial charge in [-0.1, -0.05) is 49.7 Å². The number of carbonyl (C=O) groups is 3. The van der Waals surface area contributed by atoms with Crippen LogP contribution >= 0.6 is 0 Å². The van der Waals surface area contributed by atoms with Gasteiger partial charge in [0.1, 0.15) is 12.7 Å². The topological polar surface area (TPSA) is 147 Å². The molecule has 5 rings (SSSR count). The number of nitrogens with zero attached hydrogens (tertiary/aromatic N) is 5. The van der Waals surface area contributed by atoms with Gasteiger partial charge in [0.15, 0.2) is 23.5 Å². The van der Waals surface area contributed by atoms with Gasteiger partial charge in [-0.15, -0.1) is 0 Å². The van der Waals surface area contributed by atoms with Crippen molar-refractivity contribution in [1.29, 1.82) is 0 Å². The largest absolute Gasteiger partial charge is 0.457 e. The molecule has 4 atom stereocenters. The van der Waals surface area contributed by atoms with E-state index >= 15 is 0 Å². The van der Waals surface area contributed by atoms with Crippen LogP contribution in [0.15, 0.2) is 67.0 Å². The van der Waals surface area contributed by atoms with E-state index in [9.17, 15) is 14.4 Å². The van der Waals surface area contributed by atoms with Gasteiger partial charge in [-0.05, 0) is 37.1 Å². The van der Waals surface area contributed by atoms with Crippen LogP contribution in [0.25, 0.3) is 11.2 Å². The molecule has 1 aliphatic rings. The molecule has 0 spiro atoms. The number of aromatic nitrogens is 4. The van der Waals surface area contributed by atoms with Gasteiger partial charge in [0.25, 0.3) is 5.88 Å². The van der Waals surface area contributed by atoms with Crippen molar-refractivity contribution in [2.24, 2.45) is 5.92 Å². The number of benzene rings is 2. The van der Waals surface area contributed by atoms with Crippen molar-refractivity contribution in [3.63, 3.8) is 0 Å². The summed E-state index contributed by atoms with van der Waals surface area (Å²) in [5, 5.41) is 2.55. The predicted octanol–water partition coefficient (Wildman–Crippen LogP) is 4.97. The molecule has 2 aromatic heterocycles. The van der Waals surface area contributed by atoms with E-state index in [4.69, 9.17) is 25.4 Å². The van der Waals surface area contributed by atoms with Gasteiger partial charge in [-0.3, -0.25) is 19.5 Å². The second-order valence-electron chi connectivity index (χ2n) is 10.2. The fraction of sp³-hybridized carbons (Fsp3) is 0.312. The minimum atomic E-state index is -0.853. The van der Waals surface area contributed by atoms with Gasteiger partial charge in [0, 0.05) is 19.8 Å².